The van der Waals surface area contributed by atoms with Crippen molar-refractivity contribution in [1.82, 2.24) is 9.97 Å². The highest BCUT2D eigenvalue weighted by Crippen LogP contribution is 2.24. The Morgan fingerprint density at radius 1 is 1.10 bits per heavy atom. The number of hydrogen-bond acceptors (Lipinski definition) is 6. The molecule has 0 unspecified atom stereocenters. The Hall–Kier alpha value is -3.76. The maximum absolute atomic E-state index is 11.2. The van der Waals surface area contributed by atoms with E-state index in [4.69, 9.17) is 9.47 Å². The molecular weight excluding hydrogens is 382 g/mol. The van der Waals surface area contributed by atoms with Crippen molar-refractivity contribution in [2.75, 3.05) is 6.61 Å². The summed E-state index contributed by atoms with van der Waals surface area (Å²) in [5, 5.41) is 18.4. The quantitative estimate of drug-likeness (QED) is 0.702. The monoisotopic (exact) mass is 401 g/mol. The van der Waals surface area contributed by atoms with Gasteiger partial charge in [-0.05, 0) is 46.9 Å². The molecule has 0 amide bonds. The number of fused-ring (bicyclic) bond motifs is 6. The van der Waals surface area contributed by atoms with Crippen molar-refractivity contribution in [3.63, 3.8) is 0 Å². The number of rotatable bonds is 2. The van der Waals surface area contributed by atoms with E-state index in [0.29, 0.717) is 42.5 Å². The summed E-state index contributed by atoms with van der Waals surface area (Å²) in [4.78, 5) is 20.0. The lowest BCUT2D eigenvalue weighted by Crippen LogP contribution is -2.09. The first-order valence-corrected chi connectivity index (χ1v) is 9.52. The number of aromatic nitrogens is 2. The van der Waals surface area contributed by atoms with Crippen molar-refractivity contribution in [1.29, 1.82) is 5.26 Å². The smallest absolute Gasteiger partial charge is 0.307 e. The van der Waals surface area contributed by atoms with Crippen LogP contribution in [0.3, 0.4) is 0 Å². The standard InChI is InChI=1S/C23H19N3O4/c24-12-15-1-2-19-14-30-21-5-7-25-23(26-21)18-4-3-16(11-22(27)28)20(10-18)13-29-8-6-17(19)9-15/h1-5,7,9-10H,6,8,11,13-14H2,(H,27,28). The normalized spacial score (nSPS) is 13.3. The van der Waals surface area contributed by atoms with E-state index in [2.05, 4.69) is 16.0 Å². The van der Waals surface area contributed by atoms with Crippen LogP contribution in [-0.2, 0) is 35.6 Å². The predicted molar refractivity (Wildman–Crippen MR) is 108 cm³/mol. The molecule has 3 aromatic rings. The average molecular weight is 401 g/mol. The fourth-order valence-electron chi connectivity index (χ4n) is 3.38. The SMILES string of the molecule is N#Cc1ccc2c(c1)CCOCc1cc(ccc1CC(=O)O)-c1nccc(n1)OC2. The second kappa shape index (κ2) is 8.72. The third-order valence-corrected chi connectivity index (χ3v) is 4.92. The van der Waals surface area contributed by atoms with Crippen LogP contribution in [0, 0.1) is 11.3 Å². The molecule has 7 nitrogen and oxygen atoms in total. The fraction of sp³-hybridized carbons (Fsp3) is 0.217. The number of carboxylic acids is 1. The summed E-state index contributed by atoms with van der Waals surface area (Å²) < 4.78 is 11.8. The first-order chi connectivity index (χ1) is 14.6. The zero-order valence-electron chi connectivity index (χ0n) is 16.2. The number of nitrogens with zero attached hydrogens (tertiary/aromatic N) is 3. The van der Waals surface area contributed by atoms with Gasteiger partial charge in [-0.15, -0.1) is 0 Å². The van der Waals surface area contributed by atoms with Gasteiger partial charge in [0.1, 0.15) is 6.61 Å². The zero-order chi connectivity index (χ0) is 20.9. The van der Waals surface area contributed by atoms with Gasteiger partial charge in [-0.1, -0.05) is 18.2 Å². The molecule has 2 heterocycles. The number of carboxylic acid groups (broad SMARTS) is 1. The van der Waals surface area contributed by atoms with Gasteiger partial charge in [-0.2, -0.15) is 10.2 Å². The minimum atomic E-state index is -0.900. The van der Waals surface area contributed by atoms with E-state index in [0.717, 1.165) is 22.3 Å². The highest BCUT2D eigenvalue weighted by Gasteiger charge is 2.13. The number of carbonyl (C=O) groups is 1. The van der Waals surface area contributed by atoms with Crippen LogP contribution in [-0.4, -0.2) is 27.7 Å². The van der Waals surface area contributed by atoms with Crippen LogP contribution in [0.4, 0.5) is 0 Å². The summed E-state index contributed by atoms with van der Waals surface area (Å²) in [6, 6.07) is 14.8. The van der Waals surface area contributed by atoms with Gasteiger partial charge in [0.05, 0.1) is 31.3 Å². The van der Waals surface area contributed by atoms with Gasteiger partial charge >= 0.3 is 5.97 Å². The number of nitriles is 1. The van der Waals surface area contributed by atoms with Crippen molar-refractivity contribution in [3.05, 3.63) is 76.5 Å². The summed E-state index contributed by atoms with van der Waals surface area (Å²) in [7, 11) is 0. The Labute approximate surface area is 173 Å². The maximum Gasteiger partial charge on any atom is 0.307 e. The average Bonchev–Trinajstić information content (AvgIpc) is 2.76. The molecule has 7 heteroatoms. The lowest BCUT2D eigenvalue weighted by Gasteiger charge is -2.15. The molecule has 150 valence electrons. The number of aliphatic carboxylic acids is 1. The summed E-state index contributed by atoms with van der Waals surface area (Å²) in [6.45, 7) is 1.03. The predicted octanol–water partition coefficient (Wildman–Crippen LogP) is 3.29. The molecule has 0 saturated heterocycles. The second-order valence-electron chi connectivity index (χ2n) is 6.96. The van der Waals surface area contributed by atoms with Crippen LogP contribution in [0.2, 0.25) is 0 Å². The van der Waals surface area contributed by atoms with Crippen molar-refractivity contribution < 1.29 is 19.4 Å². The van der Waals surface area contributed by atoms with Gasteiger partial charge in [-0.25, -0.2) is 4.98 Å². The third-order valence-electron chi connectivity index (χ3n) is 4.92. The molecule has 0 spiro atoms. The second-order valence-corrected chi connectivity index (χ2v) is 6.96. The van der Waals surface area contributed by atoms with Gasteiger partial charge in [0.25, 0.3) is 0 Å². The van der Waals surface area contributed by atoms with E-state index in [-0.39, 0.29) is 13.0 Å². The Balaban J connectivity index is 1.72. The minimum absolute atomic E-state index is 0.0860. The first-order valence-electron chi connectivity index (χ1n) is 9.52. The molecule has 0 atom stereocenters. The summed E-state index contributed by atoms with van der Waals surface area (Å²) in [6.07, 6.45) is 2.15. The van der Waals surface area contributed by atoms with Gasteiger partial charge < -0.3 is 14.6 Å². The molecular formula is C23H19N3O4. The van der Waals surface area contributed by atoms with E-state index in [1.807, 2.05) is 24.3 Å². The molecule has 0 radical (unpaired) electrons. The van der Waals surface area contributed by atoms with E-state index in [9.17, 15) is 15.2 Å². The maximum atomic E-state index is 11.2. The number of hydrogen-bond donors (Lipinski definition) is 1. The van der Waals surface area contributed by atoms with E-state index in [1.54, 1.807) is 24.4 Å². The Morgan fingerprint density at radius 2 is 2.00 bits per heavy atom. The Kier molecular flexibility index (Phi) is 5.68. The van der Waals surface area contributed by atoms with Crippen LogP contribution in [0.5, 0.6) is 5.88 Å². The van der Waals surface area contributed by atoms with Crippen LogP contribution in [0.15, 0.2) is 48.7 Å². The largest absolute Gasteiger partial charge is 0.481 e. The van der Waals surface area contributed by atoms with Gasteiger partial charge in [0.15, 0.2) is 5.82 Å². The van der Waals surface area contributed by atoms with Gasteiger partial charge in [0, 0.05) is 17.8 Å². The molecule has 0 aliphatic carbocycles. The molecule has 30 heavy (non-hydrogen) atoms. The van der Waals surface area contributed by atoms with E-state index >= 15 is 0 Å². The lowest BCUT2D eigenvalue weighted by molar-refractivity contribution is -0.136. The van der Waals surface area contributed by atoms with E-state index < -0.39 is 5.97 Å². The topological polar surface area (TPSA) is 105 Å². The molecule has 1 aromatic heterocycles. The van der Waals surface area contributed by atoms with Crippen LogP contribution in [0.1, 0.15) is 27.8 Å². The number of ether oxygens (including phenoxy) is 2. The third kappa shape index (κ3) is 4.45. The van der Waals surface area contributed by atoms with Crippen LogP contribution < -0.4 is 4.74 Å². The summed E-state index contributed by atoms with van der Waals surface area (Å²) in [5.41, 5.74) is 4.76. The molecule has 1 aliphatic heterocycles. The van der Waals surface area contributed by atoms with E-state index in [1.165, 1.54) is 0 Å². The van der Waals surface area contributed by atoms with Crippen molar-refractivity contribution >= 4 is 5.97 Å². The lowest BCUT2D eigenvalue weighted by atomic mass is 10.0. The Bertz CT molecular complexity index is 1140. The Morgan fingerprint density at radius 3 is 2.83 bits per heavy atom. The van der Waals surface area contributed by atoms with Crippen LogP contribution in [0.25, 0.3) is 11.4 Å². The molecule has 1 N–H and O–H groups in total. The van der Waals surface area contributed by atoms with Gasteiger partial charge in [-0.3, -0.25) is 4.79 Å². The minimum Gasteiger partial charge on any atom is -0.481 e. The molecule has 0 fully saturated rings. The van der Waals surface area contributed by atoms with Crippen LogP contribution >= 0.6 is 0 Å². The fourth-order valence-corrected chi connectivity index (χ4v) is 3.38. The van der Waals surface area contributed by atoms with Crippen molar-refractivity contribution in [2.24, 2.45) is 0 Å². The summed E-state index contributed by atoms with van der Waals surface area (Å²) in [5.74, 6) is 0.0375. The highest BCUT2D eigenvalue weighted by molar-refractivity contribution is 5.71. The zero-order valence-corrected chi connectivity index (χ0v) is 16.2. The number of benzene rings is 2. The first kappa shape index (κ1) is 19.6. The molecule has 4 bridgehead atoms. The van der Waals surface area contributed by atoms with Crippen molar-refractivity contribution in [3.8, 4) is 23.3 Å². The highest BCUT2D eigenvalue weighted by atomic mass is 16.5. The molecule has 1 aliphatic rings. The van der Waals surface area contributed by atoms with Gasteiger partial charge in [0.2, 0.25) is 5.88 Å². The molecule has 4 rings (SSSR count). The van der Waals surface area contributed by atoms with Crippen molar-refractivity contribution in [2.45, 2.75) is 26.1 Å². The summed E-state index contributed by atoms with van der Waals surface area (Å²) >= 11 is 0. The molecule has 2 aromatic carbocycles. The molecule has 0 saturated carbocycles.